The molecule has 4 aromatic rings. The summed E-state index contributed by atoms with van der Waals surface area (Å²) >= 11 is 1.34. The van der Waals surface area contributed by atoms with Crippen LogP contribution in [0.5, 0.6) is 0 Å². The summed E-state index contributed by atoms with van der Waals surface area (Å²) in [5.41, 5.74) is 2.02. The molecule has 0 spiro atoms. The molecule has 9 nitrogen and oxygen atoms in total. The van der Waals surface area contributed by atoms with Crippen LogP contribution in [0.15, 0.2) is 46.2 Å². The van der Waals surface area contributed by atoms with Gasteiger partial charge in [-0.3, -0.25) is 9.36 Å². The standard InChI is InChI=1S/C21H22N6O3S/c1-13-9-18(26-30-13)23-19(28)12-31-21-25-24-20(27(21)11-14-5-4-8-29-14)16-10-22-17-7-3-2-6-15(16)17/h2-3,6-7,9-10,14,22H,4-5,8,11-12H2,1H3,(H,23,26,28). The van der Waals surface area contributed by atoms with E-state index in [1.54, 1.807) is 13.0 Å². The number of thioether (sulfide) groups is 1. The molecule has 4 heterocycles. The summed E-state index contributed by atoms with van der Waals surface area (Å²) in [5, 5.41) is 17.2. The van der Waals surface area contributed by atoms with Gasteiger partial charge < -0.3 is 19.6 Å². The van der Waals surface area contributed by atoms with E-state index in [-0.39, 0.29) is 17.8 Å². The van der Waals surface area contributed by atoms with E-state index >= 15 is 0 Å². The highest BCUT2D eigenvalue weighted by atomic mass is 32.2. The Bertz CT molecular complexity index is 1210. The van der Waals surface area contributed by atoms with Crippen molar-refractivity contribution in [2.75, 3.05) is 17.7 Å². The first kappa shape index (κ1) is 19.8. The van der Waals surface area contributed by atoms with Gasteiger partial charge in [0.1, 0.15) is 5.76 Å². The molecule has 31 heavy (non-hydrogen) atoms. The number of hydrogen-bond donors (Lipinski definition) is 2. The Morgan fingerprint density at radius 3 is 3.06 bits per heavy atom. The maximum Gasteiger partial charge on any atom is 0.236 e. The van der Waals surface area contributed by atoms with E-state index in [1.165, 1.54) is 11.8 Å². The van der Waals surface area contributed by atoms with Crippen molar-refractivity contribution in [2.45, 2.75) is 37.6 Å². The van der Waals surface area contributed by atoms with Crippen LogP contribution in [0.4, 0.5) is 5.82 Å². The molecule has 1 unspecified atom stereocenters. The van der Waals surface area contributed by atoms with Gasteiger partial charge in [-0.2, -0.15) is 0 Å². The molecule has 0 aliphatic carbocycles. The molecule has 5 rings (SSSR count). The van der Waals surface area contributed by atoms with Crippen LogP contribution in [0.25, 0.3) is 22.3 Å². The highest BCUT2D eigenvalue weighted by Crippen LogP contribution is 2.31. The second-order valence-corrected chi connectivity index (χ2v) is 8.40. The Morgan fingerprint density at radius 1 is 1.35 bits per heavy atom. The summed E-state index contributed by atoms with van der Waals surface area (Å²) in [6.45, 7) is 3.20. The van der Waals surface area contributed by atoms with Crippen LogP contribution >= 0.6 is 11.8 Å². The summed E-state index contributed by atoms with van der Waals surface area (Å²) in [5.74, 6) is 1.82. The average molecular weight is 439 g/mol. The molecule has 0 bridgehead atoms. The van der Waals surface area contributed by atoms with Crippen molar-refractivity contribution in [3.63, 3.8) is 0 Å². The number of hydrogen-bond acceptors (Lipinski definition) is 7. The van der Waals surface area contributed by atoms with Crippen LogP contribution in [-0.4, -0.2) is 49.3 Å². The summed E-state index contributed by atoms with van der Waals surface area (Å²) in [6.07, 6.45) is 4.12. The van der Waals surface area contributed by atoms with E-state index in [9.17, 15) is 4.79 Å². The van der Waals surface area contributed by atoms with E-state index in [1.807, 2.05) is 24.4 Å². The monoisotopic (exact) mass is 438 g/mol. The third kappa shape index (κ3) is 4.21. The second-order valence-electron chi connectivity index (χ2n) is 7.46. The zero-order chi connectivity index (χ0) is 21.2. The number of rotatable bonds is 7. The summed E-state index contributed by atoms with van der Waals surface area (Å²) in [7, 11) is 0. The summed E-state index contributed by atoms with van der Waals surface area (Å²) in [6, 6.07) is 9.78. The first-order valence-corrected chi connectivity index (χ1v) is 11.1. The molecule has 2 N–H and O–H groups in total. The first-order valence-electron chi connectivity index (χ1n) is 10.1. The van der Waals surface area contributed by atoms with E-state index in [0.717, 1.165) is 41.7 Å². The SMILES string of the molecule is Cc1cc(NC(=O)CSc2nnc(-c3c[nH]c4ccccc34)n2CC2CCCO2)no1. The number of aryl methyl sites for hydroxylation is 1. The van der Waals surface area contributed by atoms with E-state index < -0.39 is 0 Å². The molecular weight excluding hydrogens is 416 g/mol. The number of carbonyl (C=O) groups is 1. The van der Waals surface area contributed by atoms with Crippen LogP contribution in [-0.2, 0) is 16.1 Å². The fourth-order valence-electron chi connectivity index (χ4n) is 3.74. The average Bonchev–Trinajstić information content (AvgIpc) is 3.55. The van der Waals surface area contributed by atoms with Gasteiger partial charge in [-0.25, -0.2) is 0 Å². The summed E-state index contributed by atoms with van der Waals surface area (Å²) < 4.78 is 12.9. The lowest BCUT2D eigenvalue weighted by Crippen LogP contribution is -2.18. The molecule has 0 radical (unpaired) electrons. The minimum Gasteiger partial charge on any atom is -0.376 e. The Kier molecular flexibility index (Phi) is 5.47. The molecule has 0 saturated carbocycles. The van der Waals surface area contributed by atoms with Crippen LogP contribution in [0.3, 0.4) is 0 Å². The van der Waals surface area contributed by atoms with Crippen LogP contribution < -0.4 is 5.32 Å². The van der Waals surface area contributed by atoms with Gasteiger partial charge in [-0.15, -0.1) is 10.2 Å². The molecule has 1 aliphatic heterocycles. The van der Waals surface area contributed by atoms with Gasteiger partial charge in [0.25, 0.3) is 0 Å². The molecule has 10 heteroatoms. The summed E-state index contributed by atoms with van der Waals surface area (Å²) in [4.78, 5) is 15.7. The maximum atomic E-state index is 12.4. The number of aromatic amines is 1. The maximum absolute atomic E-state index is 12.4. The lowest BCUT2D eigenvalue weighted by molar-refractivity contribution is -0.113. The van der Waals surface area contributed by atoms with Crippen LogP contribution in [0.1, 0.15) is 18.6 Å². The van der Waals surface area contributed by atoms with E-state index in [2.05, 4.69) is 36.3 Å². The lowest BCUT2D eigenvalue weighted by Gasteiger charge is -2.14. The van der Waals surface area contributed by atoms with Crippen molar-refractivity contribution in [3.05, 3.63) is 42.3 Å². The zero-order valence-corrected chi connectivity index (χ0v) is 17.8. The zero-order valence-electron chi connectivity index (χ0n) is 17.0. The molecule has 1 fully saturated rings. The van der Waals surface area contributed by atoms with Gasteiger partial charge in [-0.1, -0.05) is 35.1 Å². The molecule has 1 saturated heterocycles. The second kappa shape index (κ2) is 8.56. The quantitative estimate of drug-likeness (QED) is 0.424. The van der Waals surface area contributed by atoms with Gasteiger partial charge >= 0.3 is 0 Å². The number of para-hydroxylation sites is 1. The van der Waals surface area contributed by atoms with Crippen molar-refractivity contribution >= 4 is 34.4 Å². The topological polar surface area (TPSA) is 111 Å². The van der Waals surface area contributed by atoms with Crippen LogP contribution in [0.2, 0.25) is 0 Å². The fourth-order valence-corrected chi connectivity index (χ4v) is 4.49. The number of amides is 1. The van der Waals surface area contributed by atoms with Crippen molar-refractivity contribution in [3.8, 4) is 11.4 Å². The van der Waals surface area contributed by atoms with Gasteiger partial charge in [-0.05, 0) is 25.8 Å². The molecule has 1 atom stereocenters. The molecule has 3 aromatic heterocycles. The minimum atomic E-state index is -0.182. The molecule has 1 aliphatic rings. The van der Waals surface area contributed by atoms with Crippen molar-refractivity contribution in [1.82, 2.24) is 24.9 Å². The first-order chi connectivity index (χ1) is 15.2. The largest absolute Gasteiger partial charge is 0.376 e. The molecular formula is C21H22N6O3S. The highest BCUT2D eigenvalue weighted by Gasteiger charge is 2.23. The van der Waals surface area contributed by atoms with Crippen molar-refractivity contribution < 1.29 is 14.1 Å². The Labute approximate surface area is 182 Å². The Balaban J connectivity index is 1.39. The van der Waals surface area contributed by atoms with Gasteiger partial charge in [0.2, 0.25) is 5.91 Å². The Morgan fingerprint density at radius 2 is 2.26 bits per heavy atom. The van der Waals surface area contributed by atoms with E-state index in [4.69, 9.17) is 9.26 Å². The number of fused-ring (bicyclic) bond motifs is 1. The lowest BCUT2D eigenvalue weighted by atomic mass is 10.1. The number of H-pyrrole nitrogens is 1. The number of carbonyl (C=O) groups excluding carboxylic acids is 1. The fraction of sp³-hybridized carbons (Fsp3) is 0.333. The predicted molar refractivity (Wildman–Crippen MR) is 117 cm³/mol. The number of aromatic nitrogens is 5. The third-order valence-electron chi connectivity index (χ3n) is 5.19. The highest BCUT2D eigenvalue weighted by molar-refractivity contribution is 7.99. The van der Waals surface area contributed by atoms with Gasteiger partial charge in [0.15, 0.2) is 16.8 Å². The smallest absolute Gasteiger partial charge is 0.236 e. The van der Waals surface area contributed by atoms with E-state index in [0.29, 0.717) is 23.3 Å². The van der Waals surface area contributed by atoms with Crippen molar-refractivity contribution in [1.29, 1.82) is 0 Å². The number of ether oxygens (including phenoxy) is 1. The number of nitrogens with zero attached hydrogens (tertiary/aromatic N) is 4. The van der Waals surface area contributed by atoms with Gasteiger partial charge in [0, 0.05) is 35.3 Å². The van der Waals surface area contributed by atoms with Gasteiger partial charge in [0.05, 0.1) is 18.4 Å². The molecule has 1 aromatic carbocycles. The predicted octanol–water partition coefficient (Wildman–Crippen LogP) is 3.63. The van der Waals surface area contributed by atoms with Crippen LogP contribution in [0, 0.1) is 6.92 Å². The number of anilines is 1. The third-order valence-corrected chi connectivity index (χ3v) is 6.15. The molecule has 1 amide bonds. The molecule has 160 valence electrons. The van der Waals surface area contributed by atoms with Crippen molar-refractivity contribution in [2.24, 2.45) is 0 Å². The normalized spacial score (nSPS) is 16.2. The number of benzene rings is 1. The number of nitrogens with one attached hydrogen (secondary N) is 2. The minimum absolute atomic E-state index is 0.117. The Hall–Kier alpha value is -3.11.